The minimum absolute atomic E-state index is 0. The molecule has 2 aromatic rings. The van der Waals surface area contributed by atoms with E-state index < -0.39 is 88.8 Å². The first kappa shape index (κ1) is 49.8. The van der Waals surface area contributed by atoms with Crippen LogP contribution in [0.4, 0.5) is 5.69 Å². The lowest BCUT2D eigenvalue weighted by Crippen LogP contribution is -2.47. The molecule has 2 aromatic carbocycles. The zero-order valence-electron chi connectivity index (χ0n) is 38.3. The molecule has 0 unspecified atom stereocenters. The number of anilines is 1. The Bertz CT molecular complexity index is 2190. The highest BCUT2D eigenvalue weighted by Crippen LogP contribution is 2.55. The number of nitrogens with zero attached hydrogens (tertiary/aromatic N) is 3. The van der Waals surface area contributed by atoms with E-state index in [9.17, 15) is 39.9 Å². The first-order chi connectivity index (χ1) is 29.8. The number of aromatic hydroxyl groups is 3. The largest absolute Gasteiger partial charge is 0.507 e. The van der Waals surface area contributed by atoms with Crippen molar-refractivity contribution in [1.82, 2.24) is 9.91 Å². The van der Waals surface area contributed by atoms with Crippen molar-refractivity contribution >= 4 is 40.3 Å². The zero-order chi connectivity index (χ0) is 46.1. The molecule has 4 aliphatic heterocycles. The number of phenols is 3. The van der Waals surface area contributed by atoms with E-state index in [1.54, 1.807) is 39.8 Å². The van der Waals surface area contributed by atoms with E-state index in [1.165, 1.54) is 85.1 Å². The molecule has 7 rings (SSSR count). The molecule has 4 heterocycles. The maximum Gasteiger partial charge on any atom is 0.312 e. The van der Waals surface area contributed by atoms with Crippen molar-refractivity contribution in [3.05, 3.63) is 52.8 Å². The fourth-order valence-electron chi connectivity index (χ4n) is 9.47. The second-order valence-electron chi connectivity index (χ2n) is 17.8. The Balaban J connectivity index is 0.00000771. The van der Waals surface area contributed by atoms with Gasteiger partial charge in [-0.3, -0.25) is 24.3 Å². The summed E-state index contributed by atoms with van der Waals surface area (Å²) < 4.78 is 23.7. The summed E-state index contributed by atoms with van der Waals surface area (Å²) in [5, 5.41) is 67.6. The van der Waals surface area contributed by atoms with E-state index in [4.69, 9.17) is 18.9 Å². The molecule has 17 nitrogen and oxygen atoms in total. The van der Waals surface area contributed by atoms with Crippen LogP contribution in [0, 0.1) is 30.6 Å². The van der Waals surface area contributed by atoms with Crippen LogP contribution in [0.25, 0.3) is 10.8 Å². The van der Waals surface area contributed by atoms with Gasteiger partial charge in [-0.05, 0) is 32.8 Å². The Morgan fingerprint density at radius 3 is 2.20 bits per heavy atom. The number of hydrazone groups is 1. The van der Waals surface area contributed by atoms with Crippen LogP contribution in [-0.4, -0.2) is 134 Å². The van der Waals surface area contributed by atoms with Crippen LogP contribution >= 0.6 is 0 Å². The number of aliphatic hydroxyl groups is 2. The van der Waals surface area contributed by atoms with Gasteiger partial charge < -0.3 is 55.3 Å². The van der Waals surface area contributed by atoms with Gasteiger partial charge in [0.1, 0.15) is 23.4 Å². The number of amides is 1. The number of Topliss-reactive ketones (excluding diaryl/α,β-unsaturated/α-hetero) is 1. The van der Waals surface area contributed by atoms with Crippen LogP contribution in [0.1, 0.15) is 95.6 Å². The highest BCUT2D eigenvalue weighted by Gasteiger charge is 2.50. The Labute approximate surface area is 374 Å². The molecule has 0 radical (unpaired) electrons. The number of ether oxygens (including phenoxy) is 4. The van der Waals surface area contributed by atoms with Crippen molar-refractivity contribution in [2.75, 3.05) is 38.6 Å². The number of phenolic OH excluding ortho intramolecular Hbond substituents is 3. The molecule has 9 atom stereocenters. The molecule has 8 N–H and O–H groups in total. The monoisotopic (exact) mass is 894 g/mol. The maximum absolute atomic E-state index is 14.5. The summed E-state index contributed by atoms with van der Waals surface area (Å²) in [6.07, 6.45) is 9.75. The molecule has 1 saturated heterocycles. The number of esters is 1. The van der Waals surface area contributed by atoms with Crippen molar-refractivity contribution in [3.63, 3.8) is 0 Å². The van der Waals surface area contributed by atoms with Crippen LogP contribution in [0.3, 0.4) is 0 Å². The van der Waals surface area contributed by atoms with Crippen molar-refractivity contribution < 1.29 is 64.3 Å². The Kier molecular flexibility index (Phi) is 15.8. The average Bonchev–Trinajstić information content (AvgIpc) is 3.89. The molecule has 0 spiro atoms. The summed E-state index contributed by atoms with van der Waals surface area (Å²) in [6, 6.07) is 0.553. The number of carbonyl (C=O) groups is 3. The number of nitrogens with one attached hydrogen (secondary N) is 1. The summed E-state index contributed by atoms with van der Waals surface area (Å²) >= 11 is 0. The number of methoxy groups -OCH3 is 1. The summed E-state index contributed by atoms with van der Waals surface area (Å²) in [6.45, 7) is 15.4. The first-order valence-corrected chi connectivity index (χ1v) is 21.9. The number of hydrogen-bond acceptors (Lipinski definition) is 15. The molecule has 1 saturated carbocycles. The normalized spacial score (nSPS) is 31.9. The number of aliphatic hydroxyl groups excluding tert-OH is 2. The number of hydrogen-bond donors (Lipinski definition) is 6. The van der Waals surface area contributed by atoms with E-state index in [1.807, 2.05) is 5.01 Å². The van der Waals surface area contributed by atoms with Gasteiger partial charge >= 0.3 is 11.8 Å². The van der Waals surface area contributed by atoms with E-state index in [0.29, 0.717) is 19.1 Å². The number of fused-ring (bicyclic) bond motifs is 14. The lowest BCUT2D eigenvalue weighted by atomic mass is 9.78. The van der Waals surface area contributed by atoms with Gasteiger partial charge in [0.05, 0.1) is 53.0 Å². The molecule has 1 aliphatic carbocycles. The molecule has 352 valence electrons. The first-order valence-electron chi connectivity index (χ1n) is 21.9. The zero-order valence-corrected chi connectivity index (χ0v) is 38.3. The number of rotatable bonds is 5. The highest BCUT2D eigenvalue weighted by molar-refractivity contribution is 6.23. The fraction of sp³-hybridized carbons (Fsp3) is 0.574. The number of benzene rings is 2. The number of carbonyl (C=O) groups excluding carboxylic acids is 3. The number of piperazine rings is 1. The Morgan fingerprint density at radius 1 is 0.922 bits per heavy atom. The third-order valence-electron chi connectivity index (χ3n) is 13.5. The number of allylic oxidation sites excluding steroid dienone is 2. The minimum Gasteiger partial charge on any atom is -0.507 e. The molecular weight excluding hydrogens is 829 g/mol. The third kappa shape index (κ3) is 9.73. The lowest BCUT2D eigenvalue weighted by Gasteiger charge is -2.38. The molecule has 64 heavy (non-hydrogen) atoms. The van der Waals surface area contributed by atoms with E-state index in [-0.39, 0.29) is 49.9 Å². The van der Waals surface area contributed by atoms with E-state index in [2.05, 4.69) is 15.3 Å². The standard InChI is InChI=1S/C47H64N4O12.H2O/c1-24-13-12-14-25(2)46(59)49-37-32(23-48-51-20-18-50(19-21-51)31-15-10-11-16-31)41(56)34-35(42(37)57)40(55)29(6)44-36(34)45(58)47(8,63-44)61-22-17-33(60-9)26(3)43(62-30(7)52)28(5)39(54)27(4)38(24)53;/h12-14,17,22-24,26-28,31,33,38-39,43,53-57H,10-11,15-16,18-21H2,1-9H3,(H,49,59);1H2/b13-12+,22-17+,25-14+,48-23-;/t24-,26+,27+,28+,33-,38-,39+,43+,47-;/m0./s1. The van der Waals surface area contributed by atoms with Gasteiger partial charge in [0, 0.05) is 93.4 Å². The molecule has 5 bridgehead atoms. The topological polar surface area (TPSA) is 252 Å². The van der Waals surface area contributed by atoms with Gasteiger partial charge in [-0.2, -0.15) is 5.10 Å². The molecule has 1 amide bonds. The van der Waals surface area contributed by atoms with Crippen molar-refractivity contribution in [1.29, 1.82) is 0 Å². The SMILES string of the molecule is CO[C@H]1/C=C/O[C@@]2(C)Oc3c(C)c(O)c4c(O)c(c(/C=N\N5CCN(C6CCCC6)CC5)c(O)c4c3C2=O)NC(=O)/C(C)=C/C=C/[C@H](C)[C@H](O)[C@@H](C)[C@@H](O)[C@@H](C)[C@H](OC(C)=O)[C@@H]1C.O. The van der Waals surface area contributed by atoms with Gasteiger partial charge in [0.2, 0.25) is 0 Å². The molecule has 17 heteroatoms. The van der Waals surface area contributed by atoms with Crippen LogP contribution in [0.15, 0.2) is 41.2 Å². The molecule has 5 aliphatic rings. The summed E-state index contributed by atoms with van der Waals surface area (Å²) in [7, 11) is 1.44. The van der Waals surface area contributed by atoms with Gasteiger partial charge in [0.15, 0.2) is 5.75 Å². The van der Waals surface area contributed by atoms with Crippen LogP contribution < -0.4 is 10.1 Å². The van der Waals surface area contributed by atoms with Crippen molar-refractivity contribution in [2.45, 2.75) is 117 Å². The van der Waals surface area contributed by atoms with E-state index >= 15 is 0 Å². The van der Waals surface area contributed by atoms with Crippen LogP contribution in [0.2, 0.25) is 0 Å². The highest BCUT2D eigenvalue weighted by atomic mass is 16.7. The summed E-state index contributed by atoms with van der Waals surface area (Å²) in [5.41, 5.74) is -0.293. The summed E-state index contributed by atoms with van der Waals surface area (Å²) in [5.74, 6) is -8.28. The fourth-order valence-corrected chi connectivity index (χ4v) is 9.47. The molecular formula is C47H66N4O13. The maximum atomic E-state index is 14.5. The summed E-state index contributed by atoms with van der Waals surface area (Å²) in [4.78, 5) is 43.2. The Hall–Kier alpha value is -5.20. The van der Waals surface area contributed by atoms with Gasteiger partial charge in [-0.1, -0.05) is 58.8 Å². The molecule has 0 aromatic heterocycles. The smallest absolute Gasteiger partial charge is 0.312 e. The van der Waals surface area contributed by atoms with Gasteiger partial charge in [-0.25, -0.2) is 0 Å². The third-order valence-corrected chi connectivity index (χ3v) is 13.5. The van der Waals surface area contributed by atoms with Gasteiger partial charge in [-0.15, -0.1) is 0 Å². The predicted molar refractivity (Wildman–Crippen MR) is 240 cm³/mol. The quantitative estimate of drug-likeness (QED) is 0.102. The minimum atomic E-state index is -2.04. The molecule has 2 fully saturated rings. The average molecular weight is 895 g/mol. The number of ketones is 1. The second kappa shape index (κ2) is 20.3. The second-order valence-corrected chi connectivity index (χ2v) is 17.8. The van der Waals surface area contributed by atoms with Crippen LogP contribution in [-0.2, 0) is 23.8 Å². The van der Waals surface area contributed by atoms with E-state index in [0.717, 1.165) is 13.1 Å². The van der Waals surface area contributed by atoms with Gasteiger partial charge in [0.25, 0.3) is 11.7 Å². The van der Waals surface area contributed by atoms with Crippen LogP contribution in [0.5, 0.6) is 23.0 Å². The van der Waals surface area contributed by atoms with Crippen molar-refractivity contribution in [3.8, 4) is 23.0 Å². The van der Waals surface area contributed by atoms with Crippen molar-refractivity contribution in [2.24, 2.45) is 28.8 Å². The predicted octanol–water partition coefficient (Wildman–Crippen LogP) is 4.82. The Morgan fingerprint density at radius 2 is 1.58 bits per heavy atom. The lowest BCUT2D eigenvalue weighted by molar-refractivity contribution is -0.160.